The van der Waals surface area contributed by atoms with Gasteiger partial charge in [-0.1, -0.05) is 11.6 Å². The molecule has 0 aromatic heterocycles. The zero-order valence-electron chi connectivity index (χ0n) is 11.1. The number of carbonyl (C=O) groups excluding carboxylic acids is 1. The Morgan fingerprint density at radius 1 is 1.52 bits per heavy atom. The van der Waals surface area contributed by atoms with Gasteiger partial charge >= 0.3 is 0 Å². The van der Waals surface area contributed by atoms with Crippen molar-refractivity contribution >= 4 is 43.5 Å². The van der Waals surface area contributed by atoms with Crippen molar-refractivity contribution in [2.45, 2.75) is 30.4 Å². The summed E-state index contributed by atoms with van der Waals surface area (Å²) in [5.41, 5.74) is 0.0583. The summed E-state index contributed by atoms with van der Waals surface area (Å²) in [5, 5.41) is 8.03. The SMILES string of the molecule is CC1OCCC1NC(=O)c1cc(S(N)(=O)=O)c(Br)cc1Cl. The van der Waals surface area contributed by atoms with Gasteiger partial charge in [-0.25, -0.2) is 13.6 Å². The van der Waals surface area contributed by atoms with Crippen molar-refractivity contribution in [2.24, 2.45) is 5.14 Å². The highest BCUT2D eigenvalue weighted by molar-refractivity contribution is 9.10. The zero-order valence-corrected chi connectivity index (χ0v) is 14.3. The van der Waals surface area contributed by atoms with E-state index in [1.807, 2.05) is 6.92 Å². The van der Waals surface area contributed by atoms with Gasteiger partial charge in [0.1, 0.15) is 0 Å². The second-order valence-corrected chi connectivity index (χ2v) is 7.54. The van der Waals surface area contributed by atoms with Crippen molar-refractivity contribution in [1.82, 2.24) is 5.32 Å². The fourth-order valence-corrected chi connectivity index (χ4v) is 4.10. The van der Waals surface area contributed by atoms with Gasteiger partial charge in [0.15, 0.2) is 0 Å². The Labute approximate surface area is 136 Å². The van der Waals surface area contributed by atoms with E-state index in [9.17, 15) is 13.2 Å². The van der Waals surface area contributed by atoms with Crippen LogP contribution < -0.4 is 10.5 Å². The Balaban J connectivity index is 2.33. The van der Waals surface area contributed by atoms with Crippen LogP contribution in [0.2, 0.25) is 5.02 Å². The first kappa shape index (κ1) is 16.7. The second-order valence-electron chi connectivity index (χ2n) is 4.75. The molecule has 0 spiro atoms. The van der Waals surface area contributed by atoms with Gasteiger partial charge in [0.05, 0.1) is 27.6 Å². The van der Waals surface area contributed by atoms with Crippen molar-refractivity contribution in [3.63, 3.8) is 0 Å². The van der Waals surface area contributed by atoms with E-state index >= 15 is 0 Å². The monoisotopic (exact) mass is 396 g/mol. The Morgan fingerprint density at radius 3 is 2.71 bits per heavy atom. The fraction of sp³-hybridized carbons (Fsp3) is 0.417. The summed E-state index contributed by atoms with van der Waals surface area (Å²) in [6.45, 7) is 2.43. The molecular formula is C12H14BrClN2O4S. The lowest BCUT2D eigenvalue weighted by Crippen LogP contribution is -2.39. The van der Waals surface area contributed by atoms with Gasteiger partial charge in [0.25, 0.3) is 5.91 Å². The Bertz CT molecular complexity index is 680. The first-order valence-electron chi connectivity index (χ1n) is 6.14. The van der Waals surface area contributed by atoms with Gasteiger partial charge in [-0.05, 0) is 41.4 Å². The minimum Gasteiger partial charge on any atom is -0.376 e. The second kappa shape index (κ2) is 6.21. The van der Waals surface area contributed by atoms with Crippen molar-refractivity contribution in [1.29, 1.82) is 0 Å². The third-order valence-corrected chi connectivity index (χ3v) is 5.45. The molecular weight excluding hydrogens is 384 g/mol. The summed E-state index contributed by atoms with van der Waals surface area (Å²) in [6, 6.07) is 2.37. The van der Waals surface area contributed by atoms with Crippen LogP contribution in [0.3, 0.4) is 0 Å². The van der Waals surface area contributed by atoms with Gasteiger partial charge < -0.3 is 10.1 Å². The first-order valence-corrected chi connectivity index (χ1v) is 8.86. The number of benzene rings is 1. The van der Waals surface area contributed by atoms with E-state index in [-0.39, 0.29) is 32.1 Å². The number of rotatable bonds is 3. The lowest BCUT2D eigenvalue weighted by atomic mass is 10.1. The van der Waals surface area contributed by atoms with E-state index in [4.69, 9.17) is 21.5 Å². The molecule has 1 fully saturated rings. The topological polar surface area (TPSA) is 98.5 Å². The number of carbonyl (C=O) groups is 1. The molecule has 1 amide bonds. The third kappa shape index (κ3) is 3.75. The van der Waals surface area contributed by atoms with E-state index in [0.717, 1.165) is 6.07 Å². The zero-order chi connectivity index (χ0) is 15.8. The van der Waals surface area contributed by atoms with E-state index in [1.54, 1.807) is 0 Å². The Hall–Kier alpha value is -0.670. The molecule has 0 radical (unpaired) electrons. The molecule has 1 saturated heterocycles. The predicted octanol–water partition coefficient (Wildman–Crippen LogP) is 1.66. The Morgan fingerprint density at radius 2 is 2.19 bits per heavy atom. The molecule has 1 aromatic rings. The average Bonchev–Trinajstić information content (AvgIpc) is 2.73. The van der Waals surface area contributed by atoms with Crippen LogP contribution in [0.5, 0.6) is 0 Å². The van der Waals surface area contributed by atoms with Crippen LogP contribution >= 0.6 is 27.5 Å². The van der Waals surface area contributed by atoms with Gasteiger partial charge in [-0.3, -0.25) is 4.79 Å². The van der Waals surface area contributed by atoms with Crippen molar-refractivity contribution in [3.8, 4) is 0 Å². The number of hydrogen-bond acceptors (Lipinski definition) is 4. The predicted molar refractivity (Wildman–Crippen MR) is 81.8 cm³/mol. The van der Waals surface area contributed by atoms with Crippen molar-refractivity contribution in [2.75, 3.05) is 6.61 Å². The lowest BCUT2D eigenvalue weighted by molar-refractivity contribution is 0.0866. The summed E-state index contributed by atoms with van der Waals surface area (Å²) in [4.78, 5) is 12.1. The highest BCUT2D eigenvalue weighted by Gasteiger charge is 2.27. The minimum absolute atomic E-state index is 0.0583. The van der Waals surface area contributed by atoms with Crippen molar-refractivity contribution < 1.29 is 17.9 Å². The quantitative estimate of drug-likeness (QED) is 0.810. The summed E-state index contributed by atoms with van der Waals surface area (Å²) in [5.74, 6) is -0.459. The maximum absolute atomic E-state index is 12.3. The number of amides is 1. The van der Waals surface area contributed by atoms with Crippen LogP contribution in [-0.2, 0) is 14.8 Å². The molecule has 21 heavy (non-hydrogen) atoms. The van der Waals surface area contributed by atoms with Crippen LogP contribution in [-0.4, -0.2) is 33.1 Å². The van der Waals surface area contributed by atoms with Crippen LogP contribution in [0, 0.1) is 0 Å². The molecule has 1 heterocycles. The van der Waals surface area contributed by atoms with E-state index in [0.29, 0.717) is 13.0 Å². The molecule has 1 aromatic carbocycles. The van der Waals surface area contributed by atoms with Crippen LogP contribution in [0.4, 0.5) is 0 Å². The van der Waals surface area contributed by atoms with E-state index < -0.39 is 15.9 Å². The molecule has 0 saturated carbocycles. The maximum atomic E-state index is 12.3. The van der Waals surface area contributed by atoms with Crippen LogP contribution in [0.25, 0.3) is 0 Å². The normalized spacial score (nSPS) is 22.3. The molecule has 3 N–H and O–H groups in total. The van der Waals surface area contributed by atoms with Gasteiger partial charge in [0, 0.05) is 11.1 Å². The average molecular weight is 398 g/mol. The number of sulfonamides is 1. The number of nitrogens with two attached hydrogens (primary N) is 1. The standard InChI is InChI=1S/C12H14BrClN2O4S/c1-6-10(2-3-20-6)16-12(17)7-4-11(21(15,18)19)8(13)5-9(7)14/h4-6,10H,2-3H2,1H3,(H,16,17)(H2,15,18,19). The molecule has 9 heteroatoms. The maximum Gasteiger partial charge on any atom is 0.253 e. The van der Waals surface area contributed by atoms with Gasteiger partial charge in [-0.2, -0.15) is 0 Å². The molecule has 0 bridgehead atoms. The number of primary sulfonamides is 1. The molecule has 1 aliphatic heterocycles. The number of hydrogen-bond donors (Lipinski definition) is 2. The molecule has 2 atom stereocenters. The van der Waals surface area contributed by atoms with Crippen LogP contribution in [0.1, 0.15) is 23.7 Å². The Kier molecular flexibility index (Phi) is 4.94. The molecule has 116 valence electrons. The minimum atomic E-state index is -3.95. The summed E-state index contributed by atoms with van der Waals surface area (Å²) >= 11 is 9.08. The molecule has 6 nitrogen and oxygen atoms in total. The highest BCUT2D eigenvalue weighted by atomic mass is 79.9. The largest absolute Gasteiger partial charge is 0.376 e. The van der Waals surface area contributed by atoms with Gasteiger partial charge in [-0.15, -0.1) is 0 Å². The molecule has 2 unspecified atom stereocenters. The summed E-state index contributed by atoms with van der Waals surface area (Å²) in [7, 11) is -3.95. The smallest absolute Gasteiger partial charge is 0.253 e. The number of halogens is 2. The summed E-state index contributed by atoms with van der Waals surface area (Å²) in [6.07, 6.45) is 0.601. The van der Waals surface area contributed by atoms with Crippen LogP contribution in [0.15, 0.2) is 21.5 Å². The lowest BCUT2D eigenvalue weighted by Gasteiger charge is -2.17. The highest BCUT2D eigenvalue weighted by Crippen LogP contribution is 2.28. The molecule has 2 rings (SSSR count). The fourth-order valence-electron chi connectivity index (χ4n) is 2.09. The van der Waals surface area contributed by atoms with E-state index in [2.05, 4.69) is 21.2 Å². The molecule has 1 aliphatic rings. The number of ether oxygens (including phenoxy) is 1. The number of nitrogens with one attached hydrogen (secondary N) is 1. The summed E-state index contributed by atoms with van der Waals surface area (Å²) < 4.78 is 28.5. The van der Waals surface area contributed by atoms with E-state index in [1.165, 1.54) is 6.07 Å². The first-order chi connectivity index (χ1) is 9.70. The van der Waals surface area contributed by atoms with Gasteiger partial charge in [0.2, 0.25) is 10.0 Å². The van der Waals surface area contributed by atoms with Crippen molar-refractivity contribution in [3.05, 3.63) is 27.2 Å². The molecule has 0 aliphatic carbocycles. The third-order valence-electron chi connectivity index (χ3n) is 3.27.